The zero-order valence-electron chi connectivity index (χ0n) is 18.6. The van der Waals surface area contributed by atoms with Crippen molar-refractivity contribution in [3.8, 4) is 5.75 Å². The minimum absolute atomic E-state index is 0.118. The maximum Gasteiger partial charge on any atom is 0.261 e. The number of amides is 1. The van der Waals surface area contributed by atoms with E-state index in [0.717, 1.165) is 31.2 Å². The number of sulfonamides is 1. The van der Waals surface area contributed by atoms with Gasteiger partial charge in [0.25, 0.3) is 10.0 Å². The Morgan fingerprint density at radius 2 is 1.59 bits per heavy atom. The largest absolute Gasteiger partial charge is 0.494 e. The maximum atomic E-state index is 13.0. The fourth-order valence-corrected chi connectivity index (χ4v) is 5.53. The summed E-state index contributed by atoms with van der Waals surface area (Å²) in [6.45, 7) is 2.40. The van der Waals surface area contributed by atoms with Gasteiger partial charge in [-0.05, 0) is 74.6 Å². The molecule has 2 N–H and O–H groups in total. The lowest BCUT2D eigenvalue weighted by Gasteiger charge is -2.22. The Morgan fingerprint density at radius 3 is 2.16 bits per heavy atom. The van der Waals surface area contributed by atoms with Gasteiger partial charge in [-0.25, -0.2) is 8.42 Å². The summed E-state index contributed by atoms with van der Waals surface area (Å²) in [7, 11) is -3.70. The molecule has 2 saturated carbocycles. The SMILES string of the molecule is CCOc1ccc(S(=O)(=O)Nc2ccc(C3(C(=O)NC4CCCCCC4)CC3)cc2)cc1. The number of anilines is 1. The maximum absolute atomic E-state index is 13.0. The van der Waals surface area contributed by atoms with E-state index in [-0.39, 0.29) is 16.8 Å². The van der Waals surface area contributed by atoms with E-state index in [9.17, 15) is 13.2 Å². The minimum Gasteiger partial charge on any atom is -0.494 e. The second-order valence-corrected chi connectivity index (χ2v) is 10.5. The summed E-state index contributed by atoms with van der Waals surface area (Å²) >= 11 is 0. The highest BCUT2D eigenvalue weighted by molar-refractivity contribution is 7.92. The van der Waals surface area contributed by atoms with Gasteiger partial charge in [0.05, 0.1) is 16.9 Å². The summed E-state index contributed by atoms with van der Waals surface area (Å²) in [6, 6.07) is 13.8. The average Bonchev–Trinajstić information content (AvgIpc) is 3.61. The third kappa shape index (κ3) is 5.09. The highest BCUT2D eigenvalue weighted by atomic mass is 32.2. The molecule has 0 atom stereocenters. The van der Waals surface area contributed by atoms with Crippen LogP contribution in [-0.4, -0.2) is 27.0 Å². The van der Waals surface area contributed by atoms with Gasteiger partial charge in [0, 0.05) is 11.7 Å². The van der Waals surface area contributed by atoms with Crippen molar-refractivity contribution in [2.45, 2.75) is 74.6 Å². The number of carbonyl (C=O) groups is 1. The van der Waals surface area contributed by atoms with E-state index in [4.69, 9.17) is 4.74 Å². The van der Waals surface area contributed by atoms with Crippen LogP contribution in [0.5, 0.6) is 5.75 Å². The van der Waals surface area contributed by atoms with Crippen LogP contribution in [0.15, 0.2) is 53.4 Å². The standard InChI is InChI=1S/C25H32N2O4S/c1-2-31-22-13-15-23(16-14-22)32(29,30)27-21-11-9-19(10-12-21)25(17-18-25)24(28)26-20-7-5-3-4-6-8-20/h9-16,20,27H,2-8,17-18H2,1H3,(H,26,28). The van der Waals surface area contributed by atoms with Crippen LogP contribution >= 0.6 is 0 Å². The number of rotatable bonds is 8. The minimum atomic E-state index is -3.70. The molecule has 0 spiro atoms. The molecule has 0 heterocycles. The van der Waals surface area contributed by atoms with E-state index in [1.165, 1.54) is 37.8 Å². The van der Waals surface area contributed by atoms with Crippen LogP contribution in [0.3, 0.4) is 0 Å². The molecule has 2 aliphatic carbocycles. The van der Waals surface area contributed by atoms with E-state index in [2.05, 4.69) is 10.0 Å². The zero-order valence-corrected chi connectivity index (χ0v) is 19.4. The Morgan fingerprint density at radius 1 is 0.969 bits per heavy atom. The second-order valence-electron chi connectivity index (χ2n) is 8.83. The van der Waals surface area contributed by atoms with Crippen LogP contribution in [0, 0.1) is 0 Å². The molecule has 32 heavy (non-hydrogen) atoms. The molecule has 1 amide bonds. The topological polar surface area (TPSA) is 84.5 Å². The molecular weight excluding hydrogens is 424 g/mol. The van der Waals surface area contributed by atoms with Crippen LogP contribution in [0.25, 0.3) is 0 Å². The number of ether oxygens (including phenoxy) is 1. The first-order chi connectivity index (χ1) is 15.4. The number of nitrogens with one attached hydrogen (secondary N) is 2. The zero-order chi connectivity index (χ0) is 22.6. The molecule has 0 aromatic heterocycles. The van der Waals surface area contributed by atoms with Crippen molar-refractivity contribution in [1.29, 1.82) is 0 Å². The number of benzene rings is 2. The van der Waals surface area contributed by atoms with Crippen molar-refractivity contribution < 1.29 is 17.9 Å². The monoisotopic (exact) mass is 456 g/mol. The third-order valence-electron chi connectivity index (χ3n) is 6.51. The Hall–Kier alpha value is -2.54. The van der Waals surface area contributed by atoms with Crippen molar-refractivity contribution in [3.63, 3.8) is 0 Å². The Kier molecular flexibility index (Phi) is 6.74. The molecule has 2 aliphatic rings. The molecule has 0 aliphatic heterocycles. The van der Waals surface area contributed by atoms with Crippen molar-refractivity contribution in [1.82, 2.24) is 5.32 Å². The summed E-state index contributed by atoms with van der Waals surface area (Å²) in [6.07, 6.45) is 8.67. The van der Waals surface area contributed by atoms with Gasteiger partial charge in [0.2, 0.25) is 5.91 Å². The number of hydrogen-bond acceptors (Lipinski definition) is 4. The molecule has 2 fully saturated rings. The Labute approximate surface area is 190 Å². The first kappa shape index (κ1) is 22.6. The van der Waals surface area contributed by atoms with Crippen LogP contribution < -0.4 is 14.8 Å². The lowest BCUT2D eigenvalue weighted by Crippen LogP contribution is -2.41. The molecule has 0 saturated heterocycles. The predicted octanol–water partition coefficient (Wildman–Crippen LogP) is 4.76. The van der Waals surface area contributed by atoms with Crippen LogP contribution in [0.2, 0.25) is 0 Å². The second kappa shape index (κ2) is 9.53. The van der Waals surface area contributed by atoms with Crippen molar-refractivity contribution in [3.05, 3.63) is 54.1 Å². The van der Waals surface area contributed by atoms with Gasteiger partial charge >= 0.3 is 0 Å². The molecule has 7 heteroatoms. The van der Waals surface area contributed by atoms with Crippen LogP contribution in [0.1, 0.15) is 63.9 Å². The van der Waals surface area contributed by atoms with E-state index in [1.807, 2.05) is 19.1 Å². The molecular formula is C25H32N2O4S. The quantitative estimate of drug-likeness (QED) is 0.561. The molecule has 0 bridgehead atoms. The van der Waals surface area contributed by atoms with E-state index >= 15 is 0 Å². The molecule has 2 aromatic carbocycles. The molecule has 4 rings (SSSR count). The fourth-order valence-electron chi connectivity index (χ4n) is 4.47. The summed E-state index contributed by atoms with van der Waals surface area (Å²) < 4.78 is 33.4. The van der Waals surface area contributed by atoms with Gasteiger partial charge in [-0.1, -0.05) is 37.8 Å². The lowest BCUT2D eigenvalue weighted by atomic mass is 9.94. The Balaban J connectivity index is 1.41. The highest BCUT2D eigenvalue weighted by Crippen LogP contribution is 2.48. The molecule has 0 unspecified atom stereocenters. The predicted molar refractivity (Wildman–Crippen MR) is 125 cm³/mol. The smallest absolute Gasteiger partial charge is 0.261 e. The summed E-state index contributed by atoms with van der Waals surface area (Å²) in [5.74, 6) is 0.750. The van der Waals surface area contributed by atoms with Gasteiger partial charge < -0.3 is 10.1 Å². The third-order valence-corrected chi connectivity index (χ3v) is 7.91. The number of carbonyl (C=O) groups excluding carboxylic acids is 1. The molecule has 2 aromatic rings. The van der Waals surface area contributed by atoms with Gasteiger partial charge in [-0.15, -0.1) is 0 Å². The highest BCUT2D eigenvalue weighted by Gasteiger charge is 2.51. The number of hydrogen-bond donors (Lipinski definition) is 2. The molecule has 0 radical (unpaired) electrons. The van der Waals surface area contributed by atoms with Gasteiger partial charge in [0.15, 0.2) is 0 Å². The van der Waals surface area contributed by atoms with E-state index in [0.29, 0.717) is 18.0 Å². The van der Waals surface area contributed by atoms with Crippen molar-refractivity contribution >= 4 is 21.6 Å². The summed E-state index contributed by atoms with van der Waals surface area (Å²) in [5.41, 5.74) is 0.967. The fraction of sp³-hybridized carbons (Fsp3) is 0.480. The summed E-state index contributed by atoms with van der Waals surface area (Å²) in [4.78, 5) is 13.2. The van der Waals surface area contributed by atoms with Gasteiger partial charge in [-0.3, -0.25) is 9.52 Å². The summed E-state index contributed by atoms with van der Waals surface area (Å²) in [5, 5.41) is 3.29. The van der Waals surface area contributed by atoms with Crippen LogP contribution in [-0.2, 0) is 20.2 Å². The average molecular weight is 457 g/mol. The van der Waals surface area contributed by atoms with Gasteiger partial charge in [0.1, 0.15) is 5.75 Å². The van der Waals surface area contributed by atoms with Gasteiger partial charge in [-0.2, -0.15) is 0 Å². The normalized spacial score (nSPS) is 18.4. The molecule has 6 nitrogen and oxygen atoms in total. The van der Waals surface area contributed by atoms with Crippen LogP contribution in [0.4, 0.5) is 5.69 Å². The molecule has 172 valence electrons. The lowest BCUT2D eigenvalue weighted by molar-refractivity contribution is -0.124. The van der Waals surface area contributed by atoms with Crippen molar-refractivity contribution in [2.24, 2.45) is 0 Å². The first-order valence-corrected chi connectivity index (χ1v) is 13.1. The Bertz CT molecular complexity index is 1020. The van der Waals surface area contributed by atoms with Crippen molar-refractivity contribution in [2.75, 3.05) is 11.3 Å². The first-order valence-electron chi connectivity index (χ1n) is 11.6. The van der Waals surface area contributed by atoms with E-state index < -0.39 is 15.4 Å². The van der Waals surface area contributed by atoms with E-state index in [1.54, 1.807) is 24.3 Å².